The summed E-state index contributed by atoms with van der Waals surface area (Å²) in [4.78, 5) is 24.4. The second-order valence-corrected chi connectivity index (χ2v) is 9.37. The molecule has 228 valence electrons. The van der Waals surface area contributed by atoms with Gasteiger partial charge in [0.2, 0.25) is 0 Å². The maximum atomic E-state index is 14.4. The fourth-order valence-electron chi connectivity index (χ4n) is 3.42. The molecule has 0 heterocycles. The van der Waals surface area contributed by atoms with Gasteiger partial charge < -0.3 is 9.47 Å². The molecule has 0 bridgehead atoms. The van der Waals surface area contributed by atoms with E-state index >= 15 is 0 Å². The van der Waals surface area contributed by atoms with Gasteiger partial charge in [0.05, 0.1) is 17.8 Å². The highest BCUT2D eigenvalue weighted by Gasteiger charge is 2.90. The molecule has 1 aliphatic rings. The Kier molecular flexibility index (Phi) is 13.1. The predicted octanol–water partition coefficient (Wildman–Crippen LogP) is 8.22. The minimum atomic E-state index is -7.63. The minimum Gasteiger partial charge on any atom is -0.461 e. The van der Waals surface area contributed by atoms with Crippen molar-refractivity contribution in [2.45, 2.75) is 117 Å². The van der Waals surface area contributed by atoms with Gasteiger partial charge in [0.25, 0.3) is 0 Å². The molecule has 0 radical (unpaired) electrons. The second-order valence-electron chi connectivity index (χ2n) is 9.37. The van der Waals surface area contributed by atoms with Crippen molar-refractivity contribution in [2.75, 3.05) is 6.61 Å². The summed E-state index contributed by atoms with van der Waals surface area (Å²) in [5.41, 5.74) is -8.87. The number of hydrogen-bond acceptors (Lipinski definition) is 4. The lowest BCUT2D eigenvalue weighted by Crippen LogP contribution is -2.70. The van der Waals surface area contributed by atoms with Gasteiger partial charge in [-0.05, 0) is 33.1 Å². The molecule has 4 nitrogen and oxygen atoms in total. The molecule has 0 spiro atoms. The monoisotopic (exact) mass is 584 g/mol. The first-order valence-electron chi connectivity index (χ1n) is 11.0. The van der Waals surface area contributed by atoms with Gasteiger partial charge in [0.15, 0.2) is 0 Å². The Morgan fingerprint density at radius 1 is 0.816 bits per heavy atom. The zero-order valence-electron chi connectivity index (χ0n) is 19.6. The number of alkyl halides is 11. The molecular formula is C23H35F11O4. The van der Waals surface area contributed by atoms with Crippen molar-refractivity contribution >= 4 is 11.9 Å². The zero-order chi connectivity index (χ0) is 28.4. The van der Waals surface area contributed by atoms with Gasteiger partial charge in [-0.15, -0.1) is 0 Å². The molecule has 0 saturated heterocycles. The molecule has 0 aromatic carbocycles. The first kappa shape index (κ1) is 38.3. The molecule has 38 heavy (non-hydrogen) atoms. The molecule has 1 saturated carbocycles. The van der Waals surface area contributed by atoms with Crippen molar-refractivity contribution in [1.82, 2.24) is 0 Å². The van der Waals surface area contributed by atoms with Crippen molar-refractivity contribution in [2.24, 2.45) is 11.3 Å². The number of rotatable bonds is 10. The van der Waals surface area contributed by atoms with Crippen molar-refractivity contribution in [3.05, 3.63) is 0 Å². The van der Waals surface area contributed by atoms with E-state index in [1.807, 2.05) is 0 Å². The Morgan fingerprint density at radius 2 is 1.26 bits per heavy atom. The van der Waals surface area contributed by atoms with Gasteiger partial charge in [0.1, 0.15) is 12.7 Å². The first-order valence-corrected chi connectivity index (χ1v) is 11.0. The third-order valence-corrected chi connectivity index (χ3v) is 6.22. The summed E-state index contributed by atoms with van der Waals surface area (Å²) in [6.07, 6.45) is -18.0. The Bertz CT molecular complexity index is 756. The van der Waals surface area contributed by atoms with Crippen LogP contribution in [0.4, 0.5) is 48.3 Å². The van der Waals surface area contributed by atoms with Crippen molar-refractivity contribution in [3.8, 4) is 0 Å². The number of esters is 2. The van der Waals surface area contributed by atoms with Gasteiger partial charge in [0, 0.05) is 0 Å². The van der Waals surface area contributed by atoms with Crippen LogP contribution in [-0.2, 0) is 19.1 Å². The van der Waals surface area contributed by atoms with E-state index < -0.39 is 72.3 Å². The highest BCUT2D eigenvalue weighted by molar-refractivity contribution is 5.76. The summed E-state index contributed by atoms with van der Waals surface area (Å²) in [5.74, 6) is -17.0. The Balaban J connectivity index is 0. The molecular weight excluding hydrogens is 549 g/mol. The third-order valence-electron chi connectivity index (χ3n) is 6.22. The largest absolute Gasteiger partial charge is 0.461 e. The van der Waals surface area contributed by atoms with E-state index in [0.29, 0.717) is 19.3 Å². The van der Waals surface area contributed by atoms with Crippen molar-refractivity contribution in [3.63, 3.8) is 0 Å². The molecule has 1 fully saturated rings. The molecule has 1 atom stereocenters. The van der Waals surface area contributed by atoms with Crippen LogP contribution in [0.1, 0.15) is 80.6 Å². The summed E-state index contributed by atoms with van der Waals surface area (Å²) in [7, 11) is 0. The predicted molar refractivity (Wildman–Crippen MR) is 115 cm³/mol. The van der Waals surface area contributed by atoms with Gasteiger partial charge in [-0.2, -0.15) is 43.9 Å². The molecule has 0 N–H and O–H groups in total. The minimum absolute atomic E-state index is 0. The van der Waals surface area contributed by atoms with Crippen molar-refractivity contribution < 1.29 is 67.4 Å². The highest BCUT2D eigenvalue weighted by Crippen LogP contribution is 2.60. The summed E-state index contributed by atoms with van der Waals surface area (Å²) in [6.45, 7) is 2.81. The van der Waals surface area contributed by atoms with Gasteiger partial charge >= 0.3 is 41.8 Å². The molecule has 0 aromatic rings. The van der Waals surface area contributed by atoms with Crippen LogP contribution in [0.25, 0.3) is 0 Å². The molecule has 0 aromatic heterocycles. The molecule has 0 aliphatic heterocycles. The Hall–Kier alpha value is -1.83. The second kappa shape index (κ2) is 13.0. The third kappa shape index (κ3) is 7.86. The van der Waals surface area contributed by atoms with E-state index in [1.54, 1.807) is 0 Å². The van der Waals surface area contributed by atoms with Crippen LogP contribution >= 0.6 is 0 Å². The summed E-state index contributed by atoms with van der Waals surface area (Å²) < 4.78 is 157. The average molecular weight is 585 g/mol. The fourth-order valence-corrected chi connectivity index (χ4v) is 3.42. The molecule has 1 unspecified atom stereocenters. The first-order chi connectivity index (χ1) is 16.0. The maximum Gasteiger partial charge on any atom is 0.438 e. The van der Waals surface area contributed by atoms with Gasteiger partial charge in [-0.25, -0.2) is 4.39 Å². The van der Waals surface area contributed by atoms with E-state index in [-0.39, 0.29) is 34.1 Å². The van der Waals surface area contributed by atoms with Crippen LogP contribution in [0.2, 0.25) is 0 Å². The van der Waals surface area contributed by atoms with E-state index in [0.717, 1.165) is 0 Å². The maximum absolute atomic E-state index is 14.4. The quantitative estimate of drug-likeness (QED) is 0.192. The summed E-state index contributed by atoms with van der Waals surface area (Å²) >= 11 is 0. The SMILES string of the molecule is C.C.CCC(C)(C)C(=O)OCC(CC(F)(F)C(F)(F)C(F)(C(F)(F)F)C(F)(F)F)OC(=O)C1CCCCC1. The normalized spacial score (nSPS) is 17.1. The standard InChI is InChI=1S/C21H27F11O4.2CH4/c1-4-16(2,3)15(34)35-11-13(36-14(33)12-8-6-5-7-9-12)10-17(22,23)19(25,26)18(24,20(27,28)29)21(30,31)32;;/h12-13H,4-11H2,1-3H3;2*1H4. The highest BCUT2D eigenvalue weighted by atomic mass is 19.4. The fraction of sp³-hybridized carbons (Fsp3) is 0.913. The summed E-state index contributed by atoms with van der Waals surface area (Å²) in [6, 6.07) is 0. The van der Waals surface area contributed by atoms with E-state index in [2.05, 4.69) is 4.74 Å². The van der Waals surface area contributed by atoms with Crippen LogP contribution in [0.15, 0.2) is 0 Å². The lowest BCUT2D eigenvalue weighted by atomic mass is 9.87. The van der Waals surface area contributed by atoms with E-state index in [4.69, 9.17) is 4.74 Å². The molecule has 15 heteroatoms. The van der Waals surface area contributed by atoms with Crippen LogP contribution in [-0.4, -0.2) is 54.5 Å². The van der Waals surface area contributed by atoms with Crippen LogP contribution in [0.5, 0.6) is 0 Å². The Morgan fingerprint density at radius 3 is 1.66 bits per heavy atom. The van der Waals surface area contributed by atoms with E-state index in [1.165, 1.54) is 20.8 Å². The molecule has 0 amide bonds. The number of carbonyl (C=O) groups is 2. The number of halogens is 11. The lowest BCUT2D eigenvalue weighted by Gasteiger charge is -2.40. The lowest BCUT2D eigenvalue weighted by molar-refractivity contribution is -0.428. The van der Waals surface area contributed by atoms with E-state index in [9.17, 15) is 57.9 Å². The number of hydrogen-bond donors (Lipinski definition) is 0. The zero-order valence-corrected chi connectivity index (χ0v) is 19.6. The van der Waals surface area contributed by atoms with Crippen molar-refractivity contribution in [1.29, 1.82) is 0 Å². The van der Waals surface area contributed by atoms with Crippen LogP contribution in [0.3, 0.4) is 0 Å². The van der Waals surface area contributed by atoms with Crippen LogP contribution in [0, 0.1) is 11.3 Å². The Labute approximate surface area is 214 Å². The average Bonchev–Trinajstić information content (AvgIpc) is 2.75. The van der Waals surface area contributed by atoms with Crippen LogP contribution < -0.4 is 0 Å². The number of carbonyl (C=O) groups excluding carboxylic acids is 2. The summed E-state index contributed by atoms with van der Waals surface area (Å²) in [5, 5.41) is 0. The van der Waals surface area contributed by atoms with Gasteiger partial charge in [-0.1, -0.05) is 41.0 Å². The topological polar surface area (TPSA) is 52.6 Å². The smallest absolute Gasteiger partial charge is 0.438 e. The van der Waals surface area contributed by atoms with Gasteiger partial charge in [-0.3, -0.25) is 9.59 Å². The molecule has 1 aliphatic carbocycles. The number of ether oxygens (including phenoxy) is 2. The molecule has 1 rings (SSSR count).